The second-order valence-corrected chi connectivity index (χ2v) is 6.80. The van der Waals surface area contributed by atoms with Crippen molar-refractivity contribution in [3.8, 4) is 0 Å². The van der Waals surface area contributed by atoms with Crippen LogP contribution in [-0.4, -0.2) is 14.3 Å². The molecule has 0 spiro atoms. The van der Waals surface area contributed by atoms with Crippen molar-refractivity contribution in [1.82, 2.24) is 5.32 Å². The zero-order valence-corrected chi connectivity index (χ0v) is 13.0. The molecule has 0 aromatic rings. The molecular formula is C10H18ClNO3S2. The molecule has 0 radical (unpaired) electrons. The molecule has 0 saturated heterocycles. The first-order valence-corrected chi connectivity index (χ1v) is 8.03. The number of carbonyl (C=O) groups is 1. The number of hydrogen-bond donors (Lipinski definition) is 1. The third kappa shape index (κ3) is 9.26. The molecule has 0 atom stereocenters. The molecule has 17 heavy (non-hydrogen) atoms. The first-order chi connectivity index (χ1) is 7.64. The van der Waals surface area contributed by atoms with Crippen molar-refractivity contribution in [2.45, 2.75) is 34.6 Å². The number of rotatable bonds is 4. The lowest BCUT2D eigenvalue weighted by Crippen LogP contribution is -2.16. The highest BCUT2D eigenvalue weighted by atomic mass is 35.7. The van der Waals surface area contributed by atoms with Crippen LogP contribution in [0, 0.1) is 0 Å². The van der Waals surface area contributed by atoms with Gasteiger partial charge >= 0.3 is 0 Å². The monoisotopic (exact) mass is 299 g/mol. The van der Waals surface area contributed by atoms with Crippen LogP contribution < -0.4 is 5.32 Å². The number of allylic oxidation sites excluding steroid dienone is 1. The maximum atomic E-state index is 11.1. The number of amides is 1. The van der Waals surface area contributed by atoms with E-state index in [4.69, 9.17) is 10.7 Å². The van der Waals surface area contributed by atoms with E-state index in [-0.39, 0.29) is 15.2 Å². The minimum absolute atomic E-state index is 0.0112. The number of halogens is 1. The van der Waals surface area contributed by atoms with Crippen LogP contribution in [-0.2, 0) is 13.8 Å². The number of nitrogens with one attached hydrogen (secondary N) is 1. The van der Waals surface area contributed by atoms with Gasteiger partial charge in [0.1, 0.15) is 4.24 Å². The molecule has 0 rings (SSSR count). The Balaban J connectivity index is 0. The van der Waals surface area contributed by atoms with E-state index in [1.54, 1.807) is 13.8 Å². The molecule has 0 aromatic heterocycles. The summed E-state index contributed by atoms with van der Waals surface area (Å²) in [6, 6.07) is 0. The fourth-order valence-corrected chi connectivity index (χ4v) is 3.29. The Morgan fingerprint density at radius 2 is 1.65 bits per heavy atom. The highest BCUT2D eigenvalue weighted by Gasteiger charge is 2.18. The first-order valence-electron chi connectivity index (χ1n) is 4.91. The third-order valence-electron chi connectivity index (χ3n) is 1.16. The van der Waals surface area contributed by atoms with Crippen molar-refractivity contribution in [2.24, 2.45) is 0 Å². The Bertz CT molecular complexity index is 409. The van der Waals surface area contributed by atoms with E-state index in [9.17, 15) is 13.2 Å². The lowest BCUT2D eigenvalue weighted by Gasteiger charge is -2.08. The Kier molecular flexibility index (Phi) is 9.56. The molecule has 0 fully saturated rings. The lowest BCUT2D eigenvalue weighted by molar-refractivity contribution is -0.118. The molecule has 4 nitrogen and oxygen atoms in total. The smallest absolute Gasteiger partial charge is 0.267 e. The summed E-state index contributed by atoms with van der Waals surface area (Å²) in [5.41, 5.74) is 0.543. The van der Waals surface area contributed by atoms with Crippen molar-refractivity contribution in [3.63, 3.8) is 0 Å². The van der Waals surface area contributed by atoms with Crippen molar-refractivity contribution in [1.29, 1.82) is 0 Å². The van der Waals surface area contributed by atoms with Crippen LogP contribution in [0.15, 0.2) is 21.4 Å². The number of hydrogen-bond acceptors (Lipinski definition) is 4. The Morgan fingerprint density at radius 1 is 1.24 bits per heavy atom. The highest BCUT2D eigenvalue weighted by molar-refractivity contribution is 8.30. The fraction of sp³-hybridized carbons (Fsp3) is 0.500. The topological polar surface area (TPSA) is 63.2 Å². The van der Waals surface area contributed by atoms with E-state index in [1.807, 2.05) is 13.8 Å². The second-order valence-electron chi connectivity index (χ2n) is 2.93. The van der Waals surface area contributed by atoms with Gasteiger partial charge in [-0.25, -0.2) is 8.42 Å². The fourth-order valence-electron chi connectivity index (χ4n) is 0.729. The zero-order valence-electron chi connectivity index (χ0n) is 10.6. The summed E-state index contributed by atoms with van der Waals surface area (Å²) in [6.07, 6.45) is 0. The van der Waals surface area contributed by atoms with Crippen molar-refractivity contribution in [2.75, 3.05) is 0 Å². The molecule has 0 unspecified atom stereocenters. The Morgan fingerprint density at radius 3 is 1.88 bits per heavy atom. The van der Waals surface area contributed by atoms with E-state index in [2.05, 4.69) is 11.9 Å². The predicted octanol–water partition coefficient (Wildman–Crippen LogP) is 3.17. The molecule has 0 aromatic carbocycles. The van der Waals surface area contributed by atoms with Crippen LogP contribution in [0.3, 0.4) is 0 Å². The van der Waals surface area contributed by atoms with Crippen LogP contribution in [0.1, 0.15) is 34.6 Å². The molecule has 0 heterocycles. The molecule has 0 aliphatic rings. The van der Waals surface area contributed by atoms with E-state index in [0.717, 1.165) is 11.8 Å². The van der Waals surface area contributed by atoms with Gasteiger partial charge in [0.25, 0.3) is 9.05 Å². The molecular weight excluding hydrogens is 282 g/mol. The molecule has 0 aliphatic heterocycles. The molecule has 7 heteroatoms. The van der Waals surface area contributed by atoms with Crippen LogP contribution in [0.4, 0.5) is 0 Å². The van der Waals surface area contributed by atoms with E-state index < -0.39 is 9.05 Å². The molecule has 0 aliphatic carbocycles. The highest BCUT2D eigenvalue weighted by Crippen LogP contribution is 2.32. The van der Waals surface area contributed by atoms with E-state index >= 15 is 0 Å². The van der Waals surface area contributed by atoms with Gasteiger partial charge in [-0.3, -0.25) is 4.79 Å². The van der Waals surface area contributed by atoms with Gasteiger partial charge in [0.05, 0.1) is 5.03 Å². The summed E-state index contributed by atoms with van der Waals surface area (Å²) in [7, 11) is 1.42. The Hall–Kier alpha value is -0.460. The standard InChI is InChI=1S/C8H12ClNO3S2.C2H6/c1-5(2)8(15(9,12)13)14-7(4)10-6(3)11;1-2/h4H2,1-3H3,(H,10,11);1-2H3. The van der Waals surface area contributed by atoms with Crippen molar-refractivity contribution < 1.29 is 13.2 Å². The minimum Gasteiger partial charge on any atom is -0.321 e. The minimum atomic E-state index is -3.79. The number of carbonyl (C=O) groups excluding carboxylic acids is 1. The largest absolute Gasteiger partial charge is 0.321 e. The van der Waals surface area contributed by atoms with E-state index in [1.165, 1.54) is 6.92 Å². The maximum absolute atomic E-state index is 11.1. The van der Waals surface area contributed by atoms with Crippen molar-refractivity contribution >= 4 is 37.4 Å². The average molecular weight is 300 g/mol. The average Bonchev–Trinajstić information content (AvgIpc) is 2.14. The van der Waals surface area contributed by atoms with Crippen LogP contribution in [0.25, 0.3) is 0 Å². The predicted molar refractivity (Wildman–Crippen MR) is 75.0 cm³/mol. The Labute approximate surface area is 112 Å². The van der Waals surface area contributed by atoms with Crippen LogP contribution in [0.5, 0.6) is 0 Å². The molecule has 1 N–H and O–H groups in total. The van der Waals surface area contributed by atoms with Gasteiger partial charge in [-0.2, -0.15) is 0 Å². The molecule has 1 amide bonds. The van der Waals surface area contributed by atoms with Crippen LogP contribution >= 0.6 is 22.4 Å². The SMILES string of the molecule is C=C(NC(C)=O)SC(=C(C)C)S(=O)(=O)Cl.CC. The maximum Gasteiger partial charge on any atom is 0.267 e. The van der Waals surface area contributed by atoms with Gasteiger partial charge in [0.2, 0.25) is 5.91 Å². The molecule has 0 bridgehead atoms. The lowest BCUT2D eigenvalue weighted by atomic mass is 10.4. The summed E-state index contributed by atoms with van der Waals surface area (Å²) >= 11 is 0.821. The summed E-state index contributed by atoms with van der Waals surface area (Å²) in [5, 5.41) is 2.60. The van der Waals surface area contributed by atoms with E-state index in [0.29, 0.717) is 5.57 Å². The molecule has 0 saturated carbocycles. The van der Waals surface area contributed by atoms with Gasteiger partial charge in [-0.05, 0) is 19.4 Å². The second kappa shape index (κ2) is 8.60. The van der Waals surface area contributed by atoms with Gasteiger partial charge < -0.3 is 5.32 Å². The van der Waals surface area contributed by atoms with Gasteiger partial charge in [-0.15, -0.1) is 0 Å². The summed E-state index contributed by atoms with van der Waals surface area (Å²) < 4.78 is 22.2. The van der Waals surface area contributed by atoms with Crippen molar-refractivity contribution in [3.05, 3.63) is 21.4 Å². The first kappa shape index (κ1) is 18.9. The zero-order chi connectivity index (χ0) is 14.2. The summed E-state index contributed by atoms with van der Waals surface area (Å²) in [5.74, 6) is -0.312. The van der Waals surface area contributed by atoms with Gasteiger partial charge in [-0.1, -0.05) is 32.2 Å². The quantitative estimate of drug-likeness (QED) is 0.810. The van der Waals surface area contributed by atoms with Crippen LogP contribution in [0.2, 0.25) is 0 Å². The summed E-state index contributed by atoms with van der Waals surface area (Å²) in [4.78, 5) is 10.7. The molecule has 100 valence electrons. The summed E-state index contributed by atoms with van der Waals surface area (Å²) in [6.45, 7) is 12.0. The number of thioether (sulfide) groups is 1. The van der Waals surface area contributed by atoms with Gasteiger partial charge in [0, 0.05) is 17.6 Å². The third-order valence-corrected chi connectivity index (χ3v) is 4.60. The normalized spacial score (nSPS) is 9.76. The van der Waals surface area contributed by atoms with Gasteiger partial charge in [0.15, 0.2) is 0 Å².